The van der Waals surface area contributed by atoms with E-state index in [-0.39, 0.29) is 11.7 Å². The number of phenolic OH excluding ortho intramolecular Hbond substituents is 2. The van der Waals surface area contributed by atoms with E-state index in [2.05, 4.69) is 0 Å². The van der Waals surface area contributed by atoms with Crippen LogP contribution in [-0.4, -0.2) is 22.8 Å². The van der Waals surface area contributed by atoms with Crippen LogP contribution in [0.1, 0.15) is 18.9 Å². The van der Waals surface area contributed by atoms with E-state index in [1.165, 1.54) is 12.1 Å². The van der Waals surface area contributed by atoms with Gasteiger partial charge in [-0.05, 0) is 78.4 Å². The van der Waals surface area contributed by atoms with E-state index in [1.54, 1.807) is 49.4 Å². The fourth-order valence-electron chi connectivity index (χ4n) is 3.62. The molecule has 0 radical (unpaired) electrons. The molecule has 6 heteroatoms. The Morgan fingerprint density at radius 3 is 2.45 bits per heavy atom. The molecule has 2 N–H and O–H groups in total. The number of fused-ring (bicyclic) bond motifs is 1. The molecule has 0 saturated heterocycles. The van der Waals surface area contributed by atoms with E-state index >= 15 is 0 Å². The minimum atomic E-state index is -0.727. The fraction of sp³-hybridized carbons (Fsp3) is 0.148. The third-order valence-electron chi connectivity index (χ3n) is 5.28. The predicted molar refractivity (Wildman–Crippen MR) is 124 cm³/mol. The second kappa shape index (κ2) is 9.61. The lowest BCUT2D eigenvalue weighted by Crippen LogP contribution is -2.05. The average Bonchev–Trinajstić information content (AvgIpc) is 2.81. The van der Waals surface area contributed by atoms with Gasteiger partial charge in [0.2, 0.25) is 0 Å². The van der Waals surface area contributed by atoms with Gasteiger partial charge in [0.15, 0.2) is 11.6 Å². The number of phenols is 2. The summed E-state index contributed by atoms with van der Waals surface area (Å²) in [5, 5.41) is 20.9. The lowest BCUT2D eigenvalue weighted by molar-refractivity contribution is -0.143. The Bertz CT molecular complexity index is 1300. The third-order valence-corrected chi connectivity index (χ3v) is 5.28. The minimum absolute atomic E-state index is 0.128. The number of rotatable bonds is 7. The van der Waals surface area contributed by atoms with Gasteiger partial charge < -0.3 is 19.7 Å². The van der Waals surface area contributed by atoms with Crippen LogP contribution in [0.2, 0.25) is 0 Å². The van der Waals surface area contributed by atoms with E-state index in [0.717, 1.165) is 16.3 Å². The van der Waals surface area contributed by atoms with Gasteiger partial charge in [-0.2, -0.15) is 0 Å². The van der Waals surface area contributed by atoms with E-state index in [9.17, 15) is 19.4 Å². The first-order chi connectivity index (χ1) is 15.9. The molecule has 0 spiro atoms. The number of esters is 1. The van der Waals surface area contributed by atoms with E-state index in [4.69, 9.17) is 9.47 Å². The van der Waals surface area contributed by atoms with Gasteiger partial charge >= 0.3 is 5.97 Å². The zero-order valence-electron chi connectivity index (χ0n) is 18.0. The van der Waals surface area contributed by atoms with Crippen molar-refractivity contribution in [1.82, 2.24) is 0 Å². The molecule has 0 aliphatic heterocycles. The maximum Gasteiger partial charge on any atom is 0.306 e. The minimum Gasteiger partial charge on any atom is -0.508 e. The third kappa shape index (κ3) is 5.06. The van der Waals surface area contributed by atoms with Gasteiger partial charge in [0.25, 0.3) is 0 Å². The van der Waals surface area contributed by atoms with Crippen LogP contribution in [0.4, 0.5) is 4.39 Å². The van der Waals surface area contributed by atoms with Gasteiger partial charge in [0.1, 0.15) is 17.2 Å². The van der Waals surface area contributed by atoms with Gasteiger partial charge in [0.05, 0.1) is 6.61 Å². The molecule has 168 valence electrons. The van der Waals surface area contributed by atoms with Crippen LogP contribution >= 0.6 is 0 Å². The van der Waals surface area contributed by atoms with Crippen molar-refractivity contribution in [2.24, 2.45) is 0 Å². The zero-order valence-corrected chi connectivity index (χ0v) is 18.0. The fourth-order valence-corrected chi connectivity index (χ4v) is 3.62. The summed E-state index contributed by atoms with van der Waals surface area (Å²) in [5.74, 6) is -0.196. The maximum atomic E-state index is 14.1. The van der Waals surface area contributed by atoms with Crippen LogP contribution in [0.5, 0.6) is 23.0 Å². The number of halogens is 1. The summed E-state index contributed by atoms with van der Waals surface area (Å²) in [6.45, 7) is 2.14. The molecular weight excluding hydrogens is 423 g/mol. The molecule has 0 aliphatic carbocycles. The normalized spacial score (nSPS) is 10.8. The molecule has 0 amide bonds. The maximum absolute atomic E-state index is 14.1. The summed E-state index contributed by atoms with van der Waals surface area (Å²) >= 11 is 0. The molecule has 0 atom stereocenters. The predicted octanol–water partition coefficient (Wildman–Crippen LogP) is 6.35. The molecule has 0 unspecified atom stereocenters. The zero-order chi connectivity index (χ0) is 23.4. The molecule has 0 heterocycles. The Labute approximate surface area is 190 Å². The molecule has 0 aliphatic rings. The first kappa shape index (κ1) is 22.1. The molecule has 0 aromatic heterocycles. The molecular formula is C27H23FO5. The number of carbonyl (C=O) groups excluding carboxylic acids is 1. The van der Waals surface area contributed by atoms with Crippen molar-refractivity contribution in [1.29, 1.82) is 0 Å². The molecule has 33 heavy (non-hydrogen) atoms. The number of aryl methyl sites for hydroxylation is 1. The van der Waals surface area contributed by atoms with Crippen molar-refractivity contribution in [2.45, 2.75) is 19.8 Å². The Kier molecular flexibility index (Phi) is 6.45. The molecule has 0 fully saturated rings. The Hall–Kier alpha value is -4.06. The van der Waals surface area contributed by atoms with Gasteiger partial charge in [-0.3, -0.25) is 4.79 Å². The van der Waals surface area contributed by atoms with Crippen molar-refractivity contribution < 1.29 is 28.9 Å². The van der Waals surface area contributed by atoms with Crippen LogP contribution in [0, 0.1) is 5.82 Å². The molecule has 5 nitrogen and oxygen atoms in total. The van der Waals surface area contributed by atoms with Gasteiger partial charge in [0, 0.05) is 17.4 Å². The van der Waals surface area contributed by atoms with E-state index in [0.29, 0.717) is 42.1 Å². The smallest absolute Gasteiger partial charge is 0.306 e. The highest BCUT2D eigenvalue weighted by Crippen LogP contribution is 2.41. The average molecular weight is 446 g/mol. The van der Waals surface area contributed by atoms with Crippen molar-refractivity contribution in [3.8, 4) is 34.1 Å². The van der Waals surface area contributed by atoms with Crippen molar-refractivity contribution >= 4 is 16.7 Å². The van der Waals surface area contributed by atoms with E-state index in [1.807, 2.05) is 18.2 Å². The van der Waals surface area contributed by atoms with Crippen LogP contribution in [0.25, 0.3) is 21.9 Å². The first-order valence-corrected chi connectivity index (χ1v) is 10.6. The van der Waals surface area contributed by atoms with Crippen LogP contribution in [-0.2, 0) is 16.0 Å². The molecule has 4 aromatic carbocycles. The Morgan fingerprint density at radius 2 is 1.73 bits per heavy atom. The summed E-state index contributed by atoms with van der Waals surface area (Å²) in [6, 6.07) is 20.1. The summed E-state index contributed by atoms with van der Waals surface area (Å²) < 4.78 is 25.3. The highest BCUT2D eigenvalue weighted by atomic mass is 19.1. The lowest BCUT2D eigenvalue weighted by Gasteiger charge is -2.15. The lowest BCUT2D eigenvalue weighted by atomic mass is 9.99. The Balaban J connectivity index is 1.68. The SMILES string of the molecule is CCOC(=O)CCc1ccc(Oc2c(-c3ccc(O)c(F)c3)ccc3cc(O)ccc23)cc1. The quantitative estimate of drug-likeness (QED) is 0.324. The monoisotopic (exact) mass is 446 g/mol. The number of benzene rings is 4. The van der Waals surface area contributed by atoms with E-state index < -0.39 is 11.6 Å². The summed E-state index contributed by atoms with van der Waals surface area (Å²) in [7, 11) is 0. The number of hydrogen-bond acceptors (Lipinski definition) is 5. The summed E-state index contributed by atoms with van der Waals surface area (Å²) in [4.78, 5) is 11.6. The van der Waals surface area contributed by atoms with Crippen molar-refractivity contribution in [3.63, 3.8) is 0 Å². The summed E-state index contributed by atoms with van der Waals surface area (Å²) in [6.07, 6.45) is 0.863. The topological polar surface area (TPSA) is 76.0 Å². The number of aromatic hydroxyl groups is 2. The molecule has 4 rings (SSSR count). The highest BCUT2D eigenvalue weighted by Gasteiger charge is 2.15. The van der Waals surface area contributed by atoms with Crippen LogP contribution < -0.4 is 4.74 Å². The second-order valence-corrected chi connectivity index (χ2v) is 7.56. The number of ether oxygens (including phenoxy) is 2. The Morgan fingerprint density at radius 1 is 0.939 bits per heavy atom. The molecule has 0 saturated carbocycles. The molecule has 0 bridgehead atoms. The van der Waals surface area contributed by atoms with Crippen LogP contribution in [0.15, 0.2) is 72.8 Å². The summed E-state index contributed by atoms with van der Waals surface area (Å²) in [5.41, 5.74) is 2.15. The standard InChI is InChI=1S/C27H23FO5/c1-2-32-26(31)14-5-17-3-9-21(10-4-17)33-27-22(19-7-13-25(30)24(28)16-19)11-6-18-15-20(29)8-12-23(18)27/h3-4,6-13,15-16,29-30H,2,5,14H2,1H3. The van der Waals surface area contributed by atoms with Crippen molar-refractivity contribution in [2.75, 3.05) is 6.61 Å². The van der Waals surface area contributed by atoms with Crippen molar-refractivity contribution in [3.05, 3.63) is 84.2 Å². The van der Waals surface area contributed by atoms with Gasteiger partial charge in [-0.15, -0.1) is 0 Å². The largest absolute Gasteiger partial charge is 0.508 e. The number of carbonyl (C=O) groups is 1. The number of hydrogen-bond donors (Lipinski definition) is 2. The highest BCUT2D eigenvalue weighted by molar-refractivity contribution is 5.96. The first-order valence-electron chi connectivity index (χ1n) is 10.6. The van der Waals surface area contributed by atoms with Crippen LogP contribution in [0.3, 0.4) is 0 Å². The van der Waals surface area contributed by atoms with Gasteiger partial charge in [-0.25, -0.2) is 4.39 Å². The molecule has 4 aromatic rings. The van der Waals surface area contributed by atoms with Gasteiger partial charge in [-0.1, -0.05) is 24.3 Å². The second-order valence-electron chi connectivity index (χ2n) is 7.56.